The van der Waals surface area contributed by atoms with Gasteiger partial charge in [0.05, 0.1) is 0 Å². The van der Waals surface area contributed by atoms with E-state index in [1.165, 1.54) is 0 Å². The Morgan fingerprint density at radius 2 is 1.43 bits per heavy atom. The van der Waals surface area contributed by atoms with Crippen LogP contribution in [0.2, 0.25) is 0 Å². The van der Waals surface area contributed by atoms with Crippen molar-refractivity contribution in [2.75, 3.05) is 0 Å². The predicted molar refractivity (Wildman–Crippen MR) is 26.1 cm³/mol. The Balaban J connectivity index is 0. The molecular formula is H6O5P2. The molecule has 0 aliphatic rings. The van der Waals surface area contributed by atoms with Gasteiger partial charge in [-0.2, -0.15) is 0 Å². The Bertz CT molecular complexity index is 53.1. The minimum absolute atomic E-state index is 1.50. The lowest BCUT2D eigenvalue weighted by atomic mass is 15.8. The summed E-state index contributed by atoms with van der Waals surface area (Å²) in [6, 6.07) is 0. The molecule has 0 saturated carbocycles. The summed E-state index contributed by atoms with van der Waals surface area (Å²) in [4.78, 5) is 21.4. The van der Waals surface area contributed by atoms with Crippen LogP contribution < -0.4 is 0 Å². The van der Waals surface area contributed by atoms with E-state index in [9.17, 15) is 0 Å². The second-order valence-electron chi connectivity index (χ2n) is 0.388. The van der Waals surface area contributed by atoms with E-state index in [1.54, 1.807) is 0 Å². The summed E-state index contributed by atoms with van der Waals surface area (Å²) in [5.41, 5.74) is 0. The van der Waals surface area contributed by atoms with Crippen molar-refractivity contribution in [1.82, 2.24) is 0 Å². The molecule has 0 heterocycles. The van der Waals surface area contributed by atoms with Crippen molar-refractivity contribution in [2.24, 2.45) is 0 Å². The zero-order valence-corrected chi connectivity index (χ0v) is 5.39. The maximum atomic E-state index is 8.74. The van der Waals surface area contributed by atoms with Crippen LogP contribution in [-0.2, 0) is 9.13 Å². The summed E-state index contributed by atoms with van der Waals surface area (Å²) in [7, 11) is -4.63. The summed E-state index contributed by atoms with van der Waals surface area (Å²) < 4.78 is 17.3. The third-order valence-electron chi connectivity index (χ3n) is 0. The van der Waals surface area contributed by atoms with Crippen LogP contribution in [0.4, 0.5) is 0 Å². The van der Waals surface area contributed by atoms with Crippen molar-refractivity contribution in [1.29, 1.82) is 0 Å². The standard InChI is InChI=1S/H3O3P.H3O2P/c1-4(2)3;1-3-2/h4H,(H2,1,2,3);3H2,(H,1,2). The molecule has 0 aliphatic carbocycles. The first kappa shape index (κ1) is 10.3. The van der Waals surface area contributed by atoms with Crippen molar-refractivity contribution in [3.05, 3.63) is 0 Å². The average Bonchev–Trinajstić information content (AvgIpc) is 1.33. The maximum absolute atomic E-state index is 8.74. The van der Waals surface area contributed by atoms with Gasteiger partial charge in [0.2, 0.25) is 0 Å². The molecule has 1 atom stereocenters. The lowest BCUT2D eigenvalue weighted by molar-refractivity contribution is 0.405. The first-order chi connectivity index (χ1) is 3.15. The number of hydrogen-bond donors (Lipinski definition) is 3. The fraction of sp³-hybridized carbons (Fsp3) is 0. The van der Waals surface area contributed by atoms with Gasteiger partial charge < -0.3 is 14.7 Å². The van der Waals surface area contributed by atoms with Gasteiger partial charge in [-0.3, -0.25) is 9.13 Å². The topological polar surface area (TPSA) is 94.8 Å². The monoisotopic (exact) mass is 148 g/mol. The molecule has 0 aliphatic heterocycles. The van der Waals surface area contributed by atoms with Gasteiger partial charge in [-0.25, -0.2) is 0 Å². The molecule has 3 N–H and O–H groups in total. The second-order valence-corrected chi connectivity index (χ2v) is 1.16. The summed E-state index contributed by atoms with van der Waals surface area (Å²) >= 11 is 0. The molecule has 1 unspecified atom stereocenters. The van der Waals surface area contributed by atoms with E-state index < -0.39 is 16.9 Å². The third-order valence-corrected chi connectivity index (χ3v) is 0. The van der Waals surface area contributed by atoms with Crippen LogP contribution in [0.1, 0.15) is 0 Å². The first-order valence-electron chi connectivity index (χ1n) is 1.15. The van der Waals surface area contributed by atoms with Crippen LogP contribution >= 0.6 is 16.9 Å². The van der Waals surface area contributed by atoms with Crippen LogP contribution in [0.3, 0.4) is 0 Å². The van der Waals surface area contributed by atoms with E-state index in [1.807, 2.05) is 0 Å². The molecule has 0 spiro atoms. The minimum atomic E-state index is -3.13. The smallest absolute Gasteiger partial charge is 0.314 e. The SMILES string of the molecule is O=[PH2]O.O=[PH](O)O. The van der Waals surface area contributed by atoms with Gasteiger partial charge in [-0.15, -0.1) is 0 Å². The highest BCUT2D eigenvalue weighted by molar-refractivity contribution is 7.30. The first-order valence-corrected chi connectivity index (χ1v) is 3.44. The molecule has 0 aromatic heterocycles. The highest BCUT2D eigenvalue weighted by Gasteiger charge is 1.61. The van der Waals surface area contributed by atoms with E-state index in [0.29, 0.717) is 0 Å². The Labute approximate surface area is 41.8 Å². The molecule has 5 nitrogen and oxygen atoms in total. The quantitative estimate of drug-likeness (QED) is 0.383. The van der Waals surface area contributed by atoms with Crippen molar-refractivity contribution in [2.45, 2.75) is 0 Å². The van der Waals surface area contributed by atoms with Crippen molar-refractivity contribution in [3.8, 4) is 0 Å². The van der Waals surface area contributed by atoms with E-state index in [0.717, 1.165) is 0 Å². The lowest BCUT2D eigenvalue weighted by Crippen LogP contribution is -1.38. The summed E-state index contributed by atoms with van der Waals surface area (Å²) in [5, 5.41) is 0. The number of rotatable bonds is 0. The average molecular weight is 148 g/mol. The van der Waals surface area contributed by atoms with E-state index in [-0.39, 0.29) is 0 Å². The molecule has 7 heteroatoms. The van der Waals surface area contributed by atoms with Gasteiger partial charge in [0.15, 0.2) is 8.69 Å². The highest BCUT2D eigenvalue weighted by Crippen LogP contribution is 1.98. The molecule has 0 saturated heterocycles. The summed E-state index contributed by atoms with van der Waals surface area (Å²) in [6.07, 6.45) is 0. The van der Waals surface area contributed by atoms with Crippen LogP contribution in [0.5, 0.6) is 0 Å². The van der Waals surface area contributed by atoms with Crippen molar-refractivity contribution < 1.29 is 23.8 Å². The van der Waals surface area contributed by atoms with Crippen LogP contribution in [0.25, 0.3) is 0 Å². The molecular weight excluding hydrogens is 142 g/mol. The van der Waals surface area contributed by atoms with E-state index >= 15 is 0 Å². The molecule has 46 valence electrons. The Kier molecular flexibility index (Phi) is 14.2. The molecule has 0 radical (unpaired) electrons. The zero-order valence-electron chi connectivity index (χ0n) is 3.24. The zero-order chi connectivity index (χ0) is 6.28. The molecule has 0 aromatic rings. The molecule has 0 rings (SSSR count). The van der Waals surface area contributed by atoms with Crippen molar-refractivity contribution >= 4 is 16.9 Å². The van der Waals surface area contributed by atoms with E-state index in [4.69, 9.17) is 23.8 Å². The molecule has 0 bridgehead atoms. The van der Waals surface area contributed by atoms with E-state index in [2.05, 4.69) is 0 Å². The number of hydrogen-bond acceptors (Lipinski definition) is 2. The van der Waals surface area contributed by atoms with Gasteiger partial charge in [0.25, 0.3) is 0 Å². The fourth-order valence-corrected chi connectivity index (χ4v) is 0. The van der Waals surface area contributed by atoms with Gasteiger partial charge >= 0.3 is 8.25 Å². The summed E-state index contributed by atoms with van der Waals surface area (Å²) in [5.74, 6) is 0. The largest absolute Gasteiger partial charge is 0.348 e. The molecule has 7 heavy (non-hydrogen) atoms. The Hall–Kier alpha value is 0.340. The van der Waals surface area contributed by atoms with Crippen LogP contribution in [0, 0.1) is 0 Å². The minimum Gasteiger partial charge on any atom is -0.348 e. The predicted octanol–water partition coefficient (Wildman–Crippen LogP) is -0.989. The molecule has 0 amide bonds. The molecule has 0 aromatic carbocycles. The fourth-order valence-electron chi connectivity index (χ4n) is 0. The third kappa shape index (κ3) is 1030. The lowest BCUT2D eigenvalue weighted by Gasteiger charge is -1.61. The van der Waals surface area contributed by atoms with Crippen LogP contribution in [-0.4, -0.2) is 14.7 Å². The van der Waals surface area contributed by atoms with Gasteiger partial charge in [-0.1, -0.05) is 0 Å². The van der Waals surface area contributed by atoms with Crippen LogP contribution in [0.15, 0.2) is 0 Å². The van der Waals surface area contributed by atoms with Crippen molar-refractivity contribution in [3.63, 3.8) is 0 Å². The van der Waals surface area contributed by atoms with Gasteiger partial charge in [0, 0.05) is 0 Å². The second kappa shape index (κ2) is 9.60. The Morgan fingerprint density at radius 3 is 1.43 bits per heavy atom. The normalized spacial score (nSPS) is 9.14. The maximum Gasteiger partial charge on any atom is 0.314 e. The summed E-state index contributed by atoms with van der Waals surface area (Å²) in [6.45, 7) is 0. The van der Waals surface area contributed by atoms with Gasteiger partial charge in [-0.05, 0) is 0 Å². The van der Waals surface area contributed by atoms with Gasteiger partial charge in [0.1, 0.15) is 0 Å². The highest BCUT2D eigenvalue weighted by atomic mass is 31.1. The Morgan fingerprint density at radius 1 is 1.43 bits per heavy atom. The molecule has 0 fully saturated rings.